The first kappa shape index (κ1) is 20.4. The van der Waals surface area contributed by atoms with Crippen LogP contribution in [0.25, 0.3) is 0 Å². The molecule has 1 heterocycles. The maximum Gasteiger partial charge on any atom is 0.248 e. The summed E-state index contributed by atoms with van der Waals surface area (Å²) in [6, 6.07) is 12.1. The Morgan fingerprint density at radius 2 is 1.86 bits per heavy atom. The summed E-state index contributed by atoms with van der Waals surface area (Å²) >= 11 is 0. The van der Waals surface area contributed by atoms with Crippen molar-refractivity contribution in [3.8, 4) is 0 Å². The van der Waals surface area contributed by atoms with E-state index in [9.17, 15) is 22.0 Å². The van der Waals surface area contributed by atoms with Crippen LogP contribution in [0.4, 0.5) is 8.78 Å². The van der Waals surface area contributed by atoms with Gasteiger partial charge in [0.15, 0.2) is 11.6 Å². The SMILES string of the molecule is O=C1COC(CNS(=O)(=O)c2ccc(F)c(F)c2)CN1CCc1ccccc1. The van der Waals surface area contributed by atoms with Gasteiger partial charge in [0.2, 0.25) is 15.9 Å². The first-order valence-electron chi connectivity index (χ1n) is 8.73. The van der Waals surface area contributed by atoms with Gasteiger partial charge in [-0.1, -0.05) is 30.3 Å². The topological polar surface area (TPSA) is 75.7 Å². The van der Waals surface area contributed by atoms with Gasteiger partial charge in [-0.3, -0.25) is 4.79 Å². The Kier molecular flexibility index (Phi) is 6.38. The predicted molar refractivity (Wildman–Crippen MR) is 98.0 cm³/mol. The average Bonchev–Trinajstić information content (AvgIpc) is 2.69. The van der Waals surface area contributed by atoms with Crippen molar-refractivity contribution in [3.05, 3.63) is 65.7 Å². The lowest BCUT2D eigenvalue weighted by Gasteiger charge is -2.32. The fourth-order valence-electron chi connectivity index (χ4n) is 2.86. The second-order valence-corrected chi connectivity index (χ2v) is 8.20. The van der Waals surface area contributed by atoms with Crippen LogP contribution in [0.15, 0.2) is 53.4 Å². The lowest BCUT2D eigenvalue weighted by atomic mass is 10.1. The molecule has 2 aromatic carbocycles. The van der Waals surface area contributed by atoms with E-state index in [-0.39, 0.29) is 30.5 Å². The Hall–Kier alpha value is -2.36. The number of rotatable bonds is 7. The molecule has 1 amide bonds. The molecule has 6 nitrogen and oxygen atoms in total. The van der Waals surface area contributed by atoms with E-state index in [1.54, 1.807) is 4.90 Å². The Bertz CT molecular complexity index is 938. The minimum Gasteiger partial charge on any atom is -0.365 e. The van der Waals surface area contributed by atoms with Gasteiger partial charge in [-0.05, 0) is 30.2 Å². The van der Waals surface area contributed by atoms with E-state index in [0.717, 1.165) is 17.7 Å². The van der Waals surface area contributed by atoms with Crippen molar-refractivity contribution in [3.63, 3.8) is 0 Å². The van der Waals surface area contributed by atoms with Crippen LogP contribution in [0.2, 0.25) is 0 Å². The van der Waals surface area contributed by atoms with Crippen LogP contribution in [-0.4, -0.2) is 51.6 Å². The maximum absolute atomic E-state index is 13.3. The highest BCUT2D eigenvalue weighted by Gasteiger charge is 2.27. The molecule has 0 aromatic heterocycles. The molecule has 0 bridgehead atoms. The van der Waals surface area contributed by atoms with Crippen molar-refractivity contribution < 1.29 is 26.7 Å². The van der Waals surface area contributed by atoms with E-state index in [4.69, 9.17) is 4.74 Å². The van der Waals surface area contributed by atoms with E-state index in [1.807, 2.05) is 30.3 Å². The van der Waals surface area contributed by atoms with E-state index < -0.39 is 27.8 Å². The third kappa shape index (κ3) is 5.12. The number of halogens is 2. The molecule has 1 N–H and O–H groups in total. The lowest BCUT2D eigenvalue weighted by molar-refractivity contribution is -0.148. The van der Waals surface area contributed by atoms with Crippen molar-refractivity contribution >= 4 is 15.9 Å². The maximum atomic E-state index is 13.3. The van der Waals surface area contributed by atoms with Crippen molar-refractivity contribution in [1.82, 2.24) is 9.62 Å². The first-order chi connectivity index (χ1) is 13.3. The van der Waals surface area contributed by atoms with Crippen molar-refractivity contribution in [2.45, 2.75) is 17.4 Å². The standard InChI is InChI=1S/C19H20F2N2O4S/c20-17-7-6-16(10-18(17)21)28(25,26)22-11-15-12-23(19(24)13-27-15)9-8-14-4-2-1-3-5-14/h1-7,10,15,22H,8-9,11-13H2. The smallest absolute Gasteiger partial charge is 0.248 e. The summed E-state index contributed by atoms with van der Waals surface area (Å²) in [6.45, 7) is 0.521. The highest BCUT2D eigenvalue weighted by Crippen LogP contribution is 2.14. The minimum absolute atomic E-state index is 0.0869. The van der Waals surface area contributed by atoms with E-state index in [1.165, 1.54) is 0 Å². The Morgan fingerprint density at radius 3 is 2.57 bits per heavy atom. The van der Waals surface area contributed by atoms with Gasteiger partial charge in [0.05, 0.1) is 11.0 Å². The second-order valence-electron chi connectivity index (χ2n) is 6.44. The first-order valence-corrected chi connectivity index (χ1v) is 10.2. The summed E-state index contributed by atoms with van der Waals surface area (Å²) in [5.41, 5.74) is 1.09. The normalized spacial score (nSPS) is 17.7. The third-order valence-corrected chi connectivity index (χ3v) is 5.86. The Labute approximate surface area is 162 Å². The monoisotopic (exact) mass is 410 g/mol. The molecule has 1 atom stereocenters. The van der Waals surface area contributed by atoms with Gasteiger partial charge in [-0.25, -0.2) is 21.9 Å². The van der Waals surface area contributed by atoms with Crippen LogP contribution in [0, 0.1) is 11.6 Å². The molecule has 150 valence electrons. The molecule has 1 unspecified atom stereocenters. The molecule has 1 aliphatic heterocycles. The molecule has 0 spiro atoms. The van der Waals surface area contributed by atoms with Gasteiger partial charge >= 0.3 is 0 Å². The summed E-state index contributed by atoms with van der Waals surface area (Å²) in [4.78, 5) is 13.3. The van der Waals surface area contributed by atoms with Crippen LogP contribution in [-0.2, 0) is 26.0 Å². The molecular weight excluding hydrogens is 390 g/mol. The molecule has 2 aromatic rings. The molecule has 0 saturated carbocycles. The molecule has 1 fully saturated rings. The fourth-order valence-corrected chi connectivity index (χ4v) is 3.94. The van der Waals surface area contributed by atoms with Crippen LogP contribution < -0.4 is 4.72 Å². The van der Waals surface area contributed by atoms with Crippen molar-refractivity contribution in [2.24, 2.45) is 0 Å². The van der Waals surface area contributed by atoms with Crippen molar-refractivity contribution in [2.75, 3.05) is 26.2 Å². The Morgan fingerprint density at radius 1 is 1.11 bits per heavy atom. The lowest BCUT2D eigenvalue weighted by Crippen LogP contribution is -2.50. The number of carbonyl (C=O) groups is 1. The van der Waals surface area contributed by atoms with Crippen LogP contribution in [0.3, 0.4) is 0 Å². The number of hydrogen-bond donors (Lipinski definition) is 1. The van der Waals surface area contributed by atoms with Gasteiger partial charge in [0.25, 0.3) is 0 Å². The number of amides is 1. The third-order valence-electron chi connectivity index (χ3n) is 4.43. The average molecular weight is 410 g/mol. The summed E-state index contributed by atoms with van der Waals surface area (Å²) in [5.74, 6) is -2.52. The number of ether oxygens (including phenoxy) is 1. The zero-order valence-corrected chi connectivity index (χ0v) is 15.8. The molecule has 1 aliphatic rings. The van der Waals surface area contributed by atoms with E-state index >= 15 is 0 Å². The second kappa shape index (κ2) is 8.76. The molecule has 1 saturated heterocycles. The number of nitrogens with one attached hydrogen (secondary N) is 1. The minimum atomic E-state index is -4.03. The molecule has 9 heteroatoms. The van der Waals surface area contributed by atoms with Gasteiger partial charge < -0.3 is 9.64 Å². The summed E-state index contributed by atoms with van der Waals surface area (Å²) in [7, 11) is -4.03. The van der Waals surface area contributed by atoms with Gasteiger partial charge in [-0.15, -0.1) is 0 Å². The predicted octanol–water partition coefficient (Wildman–Crippen LogP) is 1.71. The fraction of sp³-hybridized carbons (Fsp3) is 0.316. The quantitative estimate of drug-likeness (QED) is 0.754. The Balaban J connectivity index is 1.56. The van der Waals surface area contributed by atoms with Gasteiger partial charge in [0, 0.05) is 19.6 Å². The highest BCUT2D eigenvalue weighted by molar-refractivity contribution is 7.89. The van der Waals surface area contributed by atoms with E-state index in [0.29, 0.717) is 19.0 Å². The van der Waals surface area contributed by atoms with Gasteiger partial charge in [0.1, 0.15) is 6.61 Å². The summed E-state index contributed by atoms with van der Waals surface area (Å²) in [5, 5.41) is 0. The zero-order chi connectivity index (χ0) is 20.1. The molecular formula is C19H20F2N2O4S. The largest absolute Gasteiger partial charge is 0.365 e. The number of hydrogen-bond acceptors (Lipinski definition) is 4. The highest BCUT2D eigenvalue weighted by atomic mass is 32.2. The van der Waals surface area contributed by atoms with Crippen LogP contribution >= 0.6 is 0 Å². The van der Waals surface area contributed by atoms with Gasteiger partial charge in [-0.2, -0.15) is 0 Å². The van der Waals surface area contributed by atoms with E-state index in [2.05, 4.69) is 4.72 Å². The number of benzene rings is 2. The molecule has 28 heavy (non-hydrogen) atoms. The van der Waals surface area contributed by atoms with Crippen molar-refractivity contribution in [1.29, 1.82) is 0 Å². The summed E-state index contributed by atoms with van der Waals surface area (Å²) in [6.07, 6.45) is 0.147. The summed E-state index contributed by atoms with van der Waals surface area (Å²) < 4.78 is 58.5. The van der Waals surface area contributed by atoms with Crippen LogP contribution in [0.1, 0.15) is 5.56 Å². The molecule has 0 aliphatic carbocycles. The zero-order valence-electron chi connectivity index (χ0n) is 15.0. The molecule has 0 radical (unpaired) electrons. The number of morpholine rings is 1. The number of sulfonamides is 1. The number of nitrogens with zero attached hydrogens (tertiary/aromatic N) is 1. The number of carbonyl (C=O) groups excluding carboxylic acids is 1. The molecule has 3 rings (SSSR count). The van der Waals surface area contributed by atoms with Crippen LogP contribution in [0.5, 0.6) is 0 Å².